The lowest BCUT2D eigenvalue weighted by Gasteiger charge is -2.34. The number of aryl methyl sites for hydroxylation is 2. The van der Waals surface area contributed by atoms with E-state index < -0.39 is 41.6 Å². The third-order valence-corrected chi connectivity index (χ3v) is 5.91. The van der Waals surface area contributed by atoms with Crippen molar-refractivity contribution in [3.05, 3.63) is 34.9 Å². The molecule has 1 aromatic carbocycles. The van der Waals surface area contributed by atoms with Crippen molar-refractivity contribution in [3.63, 3.8) is 0 Å². The Hall–Kier alpha value is -2.75. The first-order chi connectivity index (χ1) is 17.3. The number of amides is 3. The van der Waals surface area contributed by atoms with Gasteiger partial charge in [-0.25, -0.2) is 4.79 Å². The van der Waals surface area contributed by atoms with Crippen LogP contribution in [0.25, 0.3) is 0 Å². The Labute approximate surface area is 226 Å². The van der Waals surface area contributed by atoms with Crippen LogP contribution in [0.2, 0.25) is 0 Å². The quantitative estimate of drug-likeness (QED) is 0.260. The molecule has 0 bridgehead atoms. The Morgan fingerprint density at radius 3 is 2.30 bits per heavy atom. The summed E-state index contributed by atoms with van der Waals surface area (Å²) in [4.78, 5) is 53.0. The zero-order valence-electron chi connectivity index (χ0n) is 23.2. The van der Waals surface area contributed by atoms with Gasteiger partial charge in [0, 0.05) is 18.8 Å². The minimum Gasteiger partial charge on any atom is -0.466 e. The van der Waals surface area contributed by atoms with E-state index in [2.05, 4.69) is 23.3 Å². The first kappa shape index (κ1) is 32.3. The fraction of sp³-hybridized carbons (Fsp3) is 0.630. The van der Waals surface area contributed by atoms with E-state index in [4.69, 9.17) is 9.47 Å². The van der Waals surface area contributed by atoms with Gasteiger partial charge in [0.15, 0.2) is 0 Å². The lowest BCUT2D eigenvalue weighted by atomic mass is 9.98. The van der Waals surface area contributed by atoms with Gasteiger partial charge in [0.05, 0.1) is 13.0 Å². The molecule has 2 N–H and O–H groups in total. The van der Waals surface area contributed by atoms with E-state index in [0.29, 0.717) is 18.5 Å². The second-order valence-electron chi connectivity index (χ2n) is 9.86. The molecule has 0 saturated carbocycles. The normalized spacial score (nSPS) is 12.8. The predicted molar refractivity (Wildman–Crippen MR) is 147 cm³/mol. The smallest absolute Gasteiger partial charge is 0.408 e. The number of alkyl carbamates (subject to hydrolysis) is 1. The summed E-state index contributed by atoms with van der Waals surface area (Å²) in [6, 6.07) is 3.64. The average molecular weight is 538 g/mol. The van der Waals surface area contributed by atoms with Gasteiger partial charge >= 0.3 is 12.1 Å². The van der Waals surface area contributed by atoms with Gasteiger partial charge in [-0.15, -0.1) is 0 Å². The number of nitrogens with zero attached hydrogens (tertiary/aromatic N) is 1. The number of esters is 1. The van der Waals surface area contributed by atoms with Crippen LogP contribution in [-0.4, -0.2) is 65.9 Å². The maximum absolute atomic E-state index is 13.8. The van der Waals surface area contributed by atoms with E-state index in [1.165, 1.54) is 4.90 Å². The second kappa shape index (κ2) is 15.5. The van der Waals surface area contributed by atoms with Crippen LogP contribution in [-0.2, 0) is 23.9 Å². The summed E-state index contributed by atoms with van der Waals surface area (Å²) >= 11 is 4.29. The fourth-order valence-corrected chi connectivity index (χ4v) is 3.80. The van der Waals surface area contributed by atoms with Gasteiger partial charge in [-0.3, -0.25) is 14.4 Å². The Balaban J connectivity index is 3.34. The van der Waals surface area contributed by atoms with E-state index in [1.807, 2.05) is 39.0 Å². The number of rotatable bonds is 13. The van der Waals surface area contributed by atoms with Crippen molar-refractivity contribution in [1.29, 1.82) is 0 Å². The van der Waals surface area contributed by atoms with Crippen LogP contribution >= 0.6 is 12.6 Å². The molecule has 37 heavy (non-hydrogen) atoms. The molecular weight excluding hydrogens is 494 g/mol. The molecular formula is C27H43N3O6S. The third kappa shape index (κ3) is 11.0. The lowest BCUT2D eigenvalue weighted by molar-refractivity contribution is -0.144. The van der Waals surface area contributed by atoms with E-state index >= 15 is 0 Å². The minimum atomic E-state index is -1.00. The molecule has 0 aromatic heterocycles. The zero-order chi connectivity index (χ0) is 28.2. The van der Waals surface area contributed by atoms with E-state index in [9.17, 15) is 19.2 Å². The Bertz CT molecular complexity index is 931. The van der Waals surface area contributed by atoms with Crippen LogP contribution in [0.5, 0.6) is 0 Å². The highest BCUT2D eigenvalue weighted by Crippen LogP contribution is 2.25. The number of carbonyl (C=O) groups excluding carboxylic acids is 4. The summed E-state index contributed by atoms with van der Waals surface area (Å²) < 4.78 is 10.3. The van der Waals surface area contributed by atoms with Crippen molar-refractivity contribution < 1.29 is 28.7 Å². The number of thiol groups is 1. The number of ether oxygens (including phenoxy) is 2. The fourth-order valence-electron chi connectivity index (χ4n) is 3.56. The van der Waals surface area contributed by atoms with Crippen LogP contribution in [0.4, 0.5) is 4.79 Å². The van der Waals surface area contributed by atoms with Gasteiger partial charge in [0.1, 0.15) is 17.7 Å². The zero-order valence-corrected chi connectivity index (χ0v) is 24.1. The van der Waals surface area contributed by atoms with Crippen LogP contribution in [0.3, 0.4) is 0 Å². The third-order valence-electron chi connectivity index (χ3n) is 5.55. The second-order valence-corrected chi connectivity index (χ2v) is 10.2. The van der Waals surface area contributed by atoms with E-state index in [1.54, 1.807) is 27.7 Å². The SMILES string of the molecule is CCCCN(C(=O)C(CS)NC(=O)OC(C)(C)C)C(C(=O)NCCC(=O)OCC)c1ccc(C)c(C)c1. The molecule has 2 unspecified atom stereocenters. The Kier molecular flexibility index (Phi) is 13.5. The van der Waals surface area contributed by atoms with Gasteiger partial charge in [0.2, 0.25) is 11.8 Å². The molecule has 9 nitrogen and oxygen atoms in total. The van der Waals surface area contributed by atoms with Crippen LogP contribution < -0.4 is 10.6 Å². The molecule has 10 heteroatoms. The van der Waals surface area contributed by atoms with Crippen molar-refractivity contribution in [2.24, 2.45) is 0 Å². The van der Waals surface area contributed by atoms with Crippen LogP contribution in [0.1, 0.15) is 76.6 Å². The van der Waals surface area contributed by atoms with Crippen molar-refractivity contribution in [1.82, 2.24) is 15.5 Å². The van der Waals surface area contributed by atoms with Gasteiger partial charge in [-0.2, -0.15) is 12.6 Å². The van der Waals surface area contributed by atoms with Crippen LogP contribution in [0, 0.1) is 13.8 Å². The molecule has 1 aromatic rings. The topological polar surface area (TPSA) is 114 Å². The molecule has 0 saturated heterocycles. The standard InChI is InChI=1S/C27H43N3O6S/c1-8-10-15-30(25(33)21(17-37)29-26(34)36-27(5,6)7)23(20-12-11-18(3)19(4)16-20)24(32)28-14-13-22(31)35-9-2/h11-12,16,21,23,37H,8-10,13-15,17H2,1-7H3,(H,28,32)(H,29,34). The van der Waals surface area contributed by atoms with Crippen LogP contribution in [0.15, 0.2) is 18.2 Å². The number of benzene rings is 1. The highest BCUT2D eigenvalue weighted by molar-refractivity contribution is 7.80. The first-order valence-corrected chi connectivity index (χ1v) is 13.4. The van der Waals surface area contributed by atoms with Crippen molar-refractivity contribution in [2.75, 3.05) is 25.4 Å². The molecule has 2 atom stereocenters. The summed E-state index contributed by atoms with van der Waals surface area (Å²) in [6.45, 7) is 13.4. The lowest BCUT2D eigenvalue weighted by Crippen LogP contribution is -2.54. The van der Waals surface area contributed by atoms with E-state index in [0.717, 1.165) is 17.5 Å². The van der Waals surface area contributed by atoms with Crippen molar-refractivity contribution >= 4 is 36.5 Å². The molecule has 0 aliphatic carbocycles. The summed E-state index contributed by atoms with van der Waals surface area (Å²) in [7, 11) is 0. The molecule has 1 rings (SSSR count). The number of hydrogen-bond acceptors (Lipinski definition) is 7. The molecule has 0 radical (unpaired) electrons. The average Bonchev–Trinajstić information content (AvgIpc) is 2.80. The highest BCUT2D eigenvalue weighted by atomic mass is 32.1. The van der Waals surface area contributed by atoms with E-state index in [-0.39, 0.29) is 25.3 Å². The number of unbranched alkanes of at least 4 members (excludes halogenated alkanes) is 1. The summed E-state index contributed by atoms with van der Waals surface area (Å²) in [6.07, 6.45) is 0.715. The Morgan fingerprint density at radius 2 is 1.76 bits per heavy atom. The van der Waals surface area contributed by atoms with Gasteiger partial charge < -0.3 is 25.0 Å². The molecule has 3 amide bonds. The van der Waals surface area contributed by atoms with Gasteiger partial charge in [0.25, 0.3) is 0 Å². The van der Waals surface area contributed by atoms with Crippen molar-refractivity contribution in [3.8, 4) is 0 Å². The molecule has 0 aliphatic heterocycles. The number of hydrogen-bond donors (Lipinski definition) is 3. The molecule has 0 aliphatic rings. The monoisotopic (exact) mass is 537 g/mol. The molecule has 0 fully saturated rings. The maximum Gasteiger partial charge on any atom is 0.408 e. The number of carbonyl (C=O) groups is 4. The summed E-state index contributed by atoms with van der Waals surface area (Å²) in [5, 5.41) is 5.38. The molecule has 0 spiro atoms. The summed E-state index contributed by atoms with van der Waals surface area (Å²) in [5.74, 6) is -1.27. The number of nitrogens with one attached hydrogen (secondary N) is 2. The van der Waals surface area contributed by atoms with Gasteiger partial charge in [-0.05, 0) is 64.7 Å². The molecule has 0 heterocycles. The largest absolute Gasteiger partial charge is 0.466 e. The minimum absolute atomic E-state index is 0.0155. The maximum atomic E-state index is 13.8. The first-order valence-electron chi connectivity index (χ1n) is 12.8. The van der Waals surface area contributed by atoms with Gasteiger partial charge in [-0.1, -0.05) is 31.5 Å². The Morgan fingerprint density at radius 1 is 1.08 bits per heavy atom. The predicted octanol–water partition coefficient (Wildman–Crippen LogP) is 3.87. The summed E-state index contributed by atoms with van der Waals surface area (Å²) in [5.41, 5.74) is 1.92. The van der Waals surface area contributed by atoms with Crippen molar-refractivity contribution in [2.45, 2.75) is 85.4 Å². The highest BCUT2D eigenvalue weighted by Gasteiger charge is 2.35. The molecule has 208 valence electrons.